The van der Waals surface area contributed by atoms with Gasteiger partial charge < -0.3 is 13.9 Å². The molecule has 0 amide bonds. The molecule has 1 heterocycles. The third kappa shape index (κ3) is 4.68. The Hall–Kier alpha value is -3.47. The highest BCUT2D eigenvalue weighted by molar-refractivity contribution is 6.30. The standard InChI is InChI=1S/C27H18Cl2O4/c28-19-9-5-17(6-10-19)15-31-21-13-24(32-16-18-7-11-20(29)12-8-18)26-22-3-1-2-4-23(22)27(30)33-25(26)14-21/h1-14H,15-16H2. The third-order valence-corrected chi connectivity index (χ3v) is 5.79. The second-order valence-corrected chi connectivity index (χ2v) is 8.43. The summed E-state index contributed by atoms with van der Waals surface area (Å²) >= 11 is 12.0. The molecule has 0 aliphatic rings. The number of fused-ring (bicyclic) bond motifs is 3. The number of hydrogen-bond acceptors (Lipinski definition) is 4. The molecule has 0 N–H and O–H groups in total. The number of halogens is 2. The minimum Gasteiger partial charge on any atom is -0.489 e. The fourth-order valence-electron chi connectivity index (χ4n) is 3.63. The predicted octanol–water partition coefficient (Wildman–Crippen LogP) is 7.41. The molecule has 0 atom stereocenters. The molecule has 4 aromatic carbocycles. The van der Waals surface area contributed by atoms with Gasteiger partial charge in [-0.3, -0.25) is 0 Å². The lowest BCUT2D eigenvalue weighted by Crippen LogP contribution is -2.03. The average Bonchev–Trinajstić information content (AvgIpc) is 2.83. The van der Waals surface area contributed by atoms with Gasteiger partial charge >= 0.3 is 5.63 Å². The number of benzene rings is 4. The van der Waals surface area contributed by atoms with Crippen molar-refractivity contribution in [3.05, 3.63) is 117 Å². The summed E-state index contributed by atoms with van der Waals surface area (Å²) in [4.78, 5) is 12.6. The molecule has 0 unspecified atom stereocenters. The Morgan fingerprint density at radius 1 is 0.697 bits per heavy atom. The molecule has 0 aliphatic heterocycles. The Balaban J connectivity index is 1.55. The number of rotatable bonds is 6. The van der Waals surface area contributed by atoms with Crippen LogP contribution in [0.25, 0.3) is 21.7 Å². The van der Waals surface area contributed by atoms with Gasteiger partial charge in [-0.1, -0.05) is 65.7 Å². The summed E-state index contributed by atoms with van der Waals surface area (Å²) in [6.07, 6.45) is 0. The SMILES string of the molecule is O=c1oc2cc(OCc3ccc(Cl)cc3)cc(OCc3ccc(Cl)cc3)c2c2ccccc12. The molecule has 5 aromatic rings. The van der Waals surface area contributed by atoms with E-state index in [9.17, 15) is 4.79 Å². The van der Waals surface area contributed by atoms with Crippen molar-refractivity contribution in [2.75, 3.05) is 0 Å². The van der Waals surface area contributed by atoms with E-state index in [4.69, 9.17) is 37.1 Å². The van der Waals surface area contributed by atoms with E-state index in [1.165, 1.54) is 0 Å². The van der Waals surface area contributed by atoms with Crippen LogP contribution in [0.3, 0.4) is 0 Å². The van der Waals surface area contributed by atoms with Crippen molar-refractivity contribution < 1.29 is 13.9 Å². The van der Waals surface area contributed by atoms with Gasteiger partial charge in [-0.2, -0.15) is 0 Å². The zero-order chi connectivity index (χ0) is 22.8. The smallest absolute Gasteiger partial charge is 0.344 e. The van der Waals surface area contributed by atoms with E-state index < -0.39 is 5.63 Å². The number of ether oxygens (including phenoxy) is 2. The Morgan fingerprint density at radius 3 is 1.91 bits per heavy atom. The third-order valence-electron chi connectivity index (χ3n) is 5.28. The topological polar surface area (TPSA) is 48.7 Å². The van der Waals surface area contributed by atoms with Crippen molar-refractivity contribution in [3.63, 3.8) is 0 Å². The Bertz CT molecular complexity index is 1490. The Morgan fingerprint density at radius 2 is 1.27 bits per heavy atom. The van der Waals surface area contributed by atoms with E-state index in [1.54, 1.807) is 12.1 Å². The molecule has 4 nitrogen and oxygen atoms in total. The molecule has 0 radical (unpaired) electrons. The minimum absolute atomic E-state index is 0.320. The Kier molecular flexibility index (Phi) is 5.95. The Labute approximate surface area is 199 Å². The molecule has 0 spiro atoms. The largest absolute Gasteiger partial charge is 0.489 e. The fourth-order valence-corrected chi connectivity index (χ4v) is 3.88. The van der Waals surface area contributed by atoms with Crippen molar-refractivity contribution in [1.29, 1.82) is 0 Å². The van der Waals surface area contributed by atoms with Crippen LogP contribution in [-0.2, 0) is 13.2 Å². The van der Waals surface area contributed by atoms with Crippen LogP contribution in [0.4, 0.5) is 0 Å². The maximum atomic E-state index is 12.6. The summed E-state index contributed by atoms with van der Waals surface area (Å²) in [5, 5.41) is 3.30. The van der Waals surface area contributed by atoms with Gasteiger partial charge in [0.25, 0.3) is 0 Å². The van der Waals surface area contributed by atoms with E-state index in [-0.39, 0.29) is 0 Å². The van der Waals surface area contributed by atoms with Crippen LogP contribution in [0.1, 0.15) is 11.1 Å². The molecule has 164 valence electrons. The highest BCUT2D eigenvalue weighted by atomic mass is 35.5. The molecule has 0 saturated heterocycles. The van der Waals surface area contributed by atoms with E-state index in [1.807, 2.05) is 72.8 Å². The molecule has 0 aliphatic carbocycles. The van der Waals surface area contributed by atoms with Crippen molar-refractivity contribution in [2.24, 2.45) is 0 Å². The first kappa shape index (κ1) is 21.4. The molecule has 33 heavy (non-hydrogen) atoms. The molecule has 5 rings (SSSR count). The van der Waals surface area contributed by atoms with Crippen molar-refractivity contribution in [2.45, 2.75) is 13.2 Å². The van der Waals surface area contributed by atoms with Gasteiger partial charge in [-0.05, 0) is 41.5 Å². The van der Waals surface area contributed by atoms with Gasteiger partial charge in [0.2, 0.25) is 0 Å². The lowest BCUT2D eigenvalue weighted by Gasteiger charge is -2.14. The first-order chi connectivity index (χ1) is 16.1. The van der Waals surface area contributed by atoms with Gasteiger partial charge in [0.1, 0.15) is 30.3 Å². The molecule has 0 saturated carbocycles. The van der Waals surface area contributed by atoms with Crippen molar-refractivity contribution >= 4 is 44.9 Å². The molecule has 0 bridgehead atoms. The fraction of sp³-hybridized carbons (Fsp3) is 0.0741. The molecule has 0 fully saturated rings. The predicted molar refractivity (Wildman–Crippen MR) is 132 cm³/mol. The van der Waals surface area contributed by atoms with Gasteiger partial charge in [-0.25, -0.2) is 4.79 Å². The zero-order valence-corrected chi connectivity index (χ0v) is 18.9. The van der Waals surface area contributed by atoms with E-state index >= 15 is 0 Å². The second kappa shape index (κ2) is 9.18. The summed E-state index contributed by atoms with van der Waals surface area (Å²) in [6.45, 7) is 0.650. The summed E-state index contributed by atoms with van der Waals surface area (Å²) in [5.74, 6) is 1.09. The van der Waals surface area contributed by atoms with E-state index in [0.29, 0.717) is 45.7 Å². The molecular weight excluding hydrogens is 459 g/mol. The van der Waals surface area contributed by atoms with Crippen LogP contribution in [0, 0.1) is 0 Å². The molecule has 6 heteroatoms. The van der Waals surface area contributed by atoms with E-state index in [2.05, 4.69) is 0 Å². The average molecular weight is 477 g/mol. The van der Waals surface area contributed by atoms with Gasteiger partial charge in [-0.15, -0.1) is 0 Å². The summed E-state index contributed by atoms with van der Waals surface area (Å²) < 4.78 is 17.8. The lowest BCUT2D eigenvalue weighted by molar-refractivity contribution is 0.292. The quantitative estimate of drug-likeness (QED) is 0.189. The second-order valence-electron chi connectivity index (χ2n) is 7.56. The first-order valence-electron chi connectivity index (χ1n) is 10.3. The highest BCUT2D eigenvalue weighted by Crippen LogP contribution is 2.36. The van der Waals surface area contributed by atoms with Crippen LogP contribution in [0.2, 0.25) is 10.0 Å². The van der Waals surface area contributed by atoms with Crippen LogP contribution >= 0.6 is 23.2 Å². The summed E-state index contributed by atoms with van der Waals surface area (Å²) in [5.41, 5.74) is 1.92. The molecule has 1 aromatic heterocycles. The maximum absolute atomic E-state index is 12.6. The lowest BCUT2D eigenvalue weighted by atomic mass is 10.1. The zero-order valence-electron chi connectivity index (χ0n) is 17.4. The minimum atomic E-state index is -0.406. The number of hydrogen-bond donors (Lipinski definition) is 0. The maximum Gasteiger partial charge on any atom is 0.344 e. The first-order valence-corrected chi connectivity index (χ1v) is 11.1. The van der Waals surface area contributed by atoms with Gasteiger partial charge in [0.15, 0.2) is 0 Å². The van der Waals surface area contributed by atoms with Crippen LogP contribution < -0.4 is 15.1 Å². The summed E-state index contributed by atoms with van der Waals surface area (Å²) in [6, 6.07) is 25.7. The van der Waals surface area contributed by atoms with Crippen LogP contribution in [0.5, 0.6) is 11.5 Å². The monoisotopic (exact) mass is 476 g/mol. The van der Waals surface area contributed by atoms with E-state index in [0.717, 1.165) is 21.9 Å². The van der Waals surface area contributed by atoms with Crippen LogP contribution in [0.15, 0.2) is 94.1 Å². The van der Waals surface area contributed by atoms with Gasteiger partial charge in [0, 0.05) is 27.6 Å². The van der Waals surface area contributed by atoms with Crippen molar-refractivity contribution in [3.8, 4) is 11.5 Å². The highest BCUT2D eigenvalue weighted by Gasteiger charge is 2.15. The molecular formula is C27H18Cl2O4. The summed E-state index contributed by atoms with van der Waals surface area (Å²) in [7, 11) is 0. The van der Waals surface area contributed by atoms with Gasteiger partial charge in [0.05, 0.1) is 10.8 Å². The van der Waals surface area contributed by atoms with Crippen molar-refractivity contribution in [1.82, 2.24) is 0 Å². The van der Waals surface area contributed by atoms with Crippen LogP contribution in [-0.4, -0.2) is 0 Å². The normalized spacial score (nSPS) is 11.1.